The monoisotopic (exact) mass is 487 g/mol. The van der Waals surface area contributed by atoms with E-state index in [0.29, 0.717) is 60.4 Å². The van der Waals surface area contributed by atoms with Gasteiger partial charge in [-0.15, -0.1) is 0 Å². The molecule has 0 spiro atoms. The summed E-state index contributed by atoms with van der Waals surface area (Å²) in [6.45, 7) is 19.8. The maximum absolute atomic E-state index is 14.0. The van der Waals surface area contributed by atoms with Crippen LogP contribution in [0.1, 0.15) is 20.8 Å². The van der Waals surface area contributed by atoms with Crippen LogP contribution in [0, 0.1) is 5.41 Å². The highest BCUT2D eigenvalue weighted by Crippen LogP contribution is 2.53. The van der Waals surface area contributed by atoms with E-state index in [1.165, 1.54) is 4.81 Å². The first kappa shape index (κ1) is 27.3. The molecule has 0 saturated carbocycles. The van der Waals surface area contributed by atoms with Crippen LogP contribution in [-0.2, 0) is 23.7 Å². The van der Waals surface area contributed by atoms with Crippen molar-refractivity contribution in [2.75, 3.05) is 26.4 Å². The summed E-state index contributed by atoms with van der Waals surface area (Å²) in [7, 11) is 6.32. The maximum atomic E-state index is 14.0. The normalized spacial score (nSPS) is 28.7. The van der Waals surface area contributed by atoms with E-state index >= 15 is 0 Å². The van der Waals surface area contributed by atoms with Gasteiger partial charge in [0.05, 0.1) is 19.0 Å². The van der Waals surface area contributed by atoms with Crippen molar-refractivity contribution in [1.29, 1.82) is 0 Å². The number of allylic oxidation sites excluding steroid dienone is 11. The summed E-state index contributed by atoms with van der Waals surface area (Å²) in [4.78, 5) is 15.2. The third kappa shape index (κ3) is 5.91. The van der Waals surface area contributed by atoms with Gasteiger partial charge in [-0.1, -0.05) is 62.3 Å². The first-order chi connectivity index (χ1) is 17.3. The summed E-state index contributed by atoms with van der Waals surface area (Å²) in [5.41, 5.74) is 1.32. The zero-order valence-electron chi connectivity index (χ0n) is 21.4. The number of epoxide rings is 2. The Bertz CT molecular complexity index is 1080. The topological polar surface area (TPSA) is 63.8 Å². The third-order valence-corrected chi connectivity index (χ3v) is 6.14. The van der Waals surface area contributed by atoms with Crippen LogP contribution in [0.2, 0.25) is 0 Å². The Hall–Kier alpha value is -3.29. The zero-order valence-corrected chi connectivity index (χ0v) is 21.4. The molecular formula is C29H34BNO5. The van der Waals surface area contributed by atoms with E-state index in [2.05, 4.69) is 19.7 Å². The van der Waals surface area contributed by atoms with Gasteiger partial charge in [-0.05, 0) is 49.6 Å². The number of nitrogens with zero attached hydrogens (tertiary/aromatic N) is 1. The first-order valence-electron chi connectivity index (χ1n) is 12.0. The van der Waals surface area contributed by atoms with Crippen molar-refractivity contribution < 1.29 is 23.7 Å². The molecule has 2 radical (unpaired) electrons. The van der Waals surface area contributed by atoms with E-state index in [4.69, 9.17) is 26.9 Å². The molecule has 0 aromatic rings. The fourth-order valence-electron chi connectivity index (χ4n) is 4.10. The number of amides is 1. The quantitative estimate of drug-likeness (QED) is 0.162. The number of rotatable bonds is 13. The Kier molecular flexibility index (Phi) is 9.18. The zero-order chi connectivity index (χ0) is 26.3. The Labute approximate surface area is 215 Å². The third-order valence-electron chi connectivity index (χ3n) is 6.14. The minimum Gasteiger partial charge on any atom is -0.495 e. The molecule has 6 nitrogen and oxygen atoms in total. The van der Waals surface area contributed by atoms with E-state index < -0.39 is 5.41 Å². The summed E-state index contributed by atoms with van der Waals surface area (Å²) < 4.78 is 21.8. The summed E-state index contributed by atoms with van der Waals surface area (Å²) in [5, 5.41) is 0. The molecule has 0 aromatic carbocycles. The average molecular weight is 487 g/mol. The molecule has 36 heavy (non-hydrogen) atoms. The molecule has 3 unspecified atom stereocenters. The number of carbonyl (C=O) groups excluding carboxylic acids is 1. The Morgan fingerprint density at radius 1 is 1.11 bits per heavy atom. The van der Waals surface area contributed by atoms with Crippen LogP contribution >= 0.6 is 0 Å². The van der Waals surface area contributed by atoms with Crippen LogP contribution in [0.3, 0.4) is 0 Å². The van der Waals surface area contributed by atoms with Crippen molar-refractivity contribution in [3.63, 3.8) is 0 Å². The Balaban J connectivity index is 2.08. The lowest BCUT2D eigenvalue weighted by Gasteiger charge is -2.31. The van der Waals surface area contributed by atoms with Crippen molar-refractivity contribution in [3.8, 4) is 0 Å². The van der Waals surface area contributed by atoms with Crippen LogP contribution in [0.15, 0.2) is 108 Å². The molecule has 3 aliphatic heterocycles. The van der Waals surface area contributed by atoms with Gasteiger partial charge in [0.1, 0.15) is 36.6 Å². The van der Waals surface area contributed by atoms with Gasteiger partial charge in [-0.3, -0.25) is 4.79 Å². The predicted molar refractivity (Wildman–Crippen MR) is 143 cm³/mol. The molecule has 1 amide bonds. The highest BCUT2D eigenvalue weighted by atomic mass is 16.6. The molecular weight excluding hydrogens is 453 g/mol. The van der Waals surface area contributed by atoms with Gasteiger partial charge in [0.2, 0.25) is 13.9 Å². The maximum Gasteiger partial charge on any atom is 0.238 e. The first-order valence-corrected chi connectivity index (χ1v) is 12.0. The van der Waals surface area contributed by atoms with Gasteiger partial charge in [-0.2, -0.15) is 0 Å². The highest BCUT2D eigenvalue weighted by molar-refractivity contribution is 6.22. The van der Waals surface area contributed by atoms with E-state index in [0.717, 1.165) is 0 Å². The summed E-state index contributed by atoms with van der Waals surface area (Å²) >= 11 is 0. The van der Waals surface area contributed by atoms with Gasteiger partial charge < -0.3 is 23.8 Å². The van der Waals surface area contributed by atoms with E-state index in [9.17, 15) is 4.79 Å². The SMILES string of the molecule is [B]N1C(=O)C(/C(C=C)=C/C=C(\C)OCC2CO2)(C(/C=C\C(=C)OCC2CO2)=C/C)C(=C/C=C)/C1=C\C. The predicted octanol–water partition coefficient (Wildman–Crippen LogP) is 4.78. The van der Waals surface area contributed by atoms with Gasteiger partial charge in [0.15, 0.2) is 0 Å². The van der Waals surface area contributed by atoms with Crippen LogP contribution in [-0.4, -0.2) is 57.3 Å². The molecule has 3 aliphatic rings. The molecule has 0 aliphatic carbocycles. The van der Waals surface area contributed by atoms with E-state index in [-0.39, 0.29) is 18.1 Å². The van der Waals surface area contributed by atoms with Crippen molar-refractivity contribution in [2.45, 2.75) is 33.0 Å². The van der Waals surface area contributed by atoms with E-state index in [1.54, 1.807) is 18.2 Å². The fraction of sp³-hybridized carbons (Fsp3) is 0.345. The van der Waals surface area contributed by atoms with Crippen LogP contribution in [0.25, 0.3) is 0 Å². The van der Waals surface area contributed by atoms with E-state index in [1.807, 2.05) is 57.2 Å². The average Bonchev–Trinajstić information content (AvgIpc) is 3.80. The number of carbonyl (C=O) groups is 1. The molecule has 0 bridgehead atoms. The highest BCUT2D eigenvalue weighted by Gasteiger charge is 2.54. The lowest BCUT2D eigenvalue weighted by atomic mass is 9.68. The van der Waals surface area contributed by atoms with Crippen molar-refractivity contribution in [2.24, 2.45) is 5.41 Å². The van der Waals surface area contributed by atoms with Gasteiger partial charge in [0.25, 0.3) is 0 Å². The molecule has 0 N–H and O–H groups in total. The minimum atomic E-state index is -1.27. The summed E-state index contributed by atoms with van der Waals surface area (Å²) in [6.07, 6.45) is 16.3. The molecule has 3 saturated heterocycles. The molecule has 188 valence electrons. The minimum absolute atomic E-state index is 0.114. The lowest BCUT2D eigenvalue weighted by Crippen LogP contribution is -2.36. The molecule has 7 heteroatoms. The molecule has 3 rings (SSSR count). The van der Waals surface area contributed by atoms with Crippen molar-refractivity contribution in [1.82, 2.24) is 4.81 Å². The van der Waals surface area contributed by atoms with Gasteiger partial charge in [0, 0.05) is 5.70 Å². The van der Waals surface area contributed by atoms with Crippen LogP contribution in [0.5, 0.6) is 0 Å². The number of hydrogen-bond donors (Lipinski definition) is 0. The van der Waals surface area contributed by atoms with Crippen molar-refractivity contribution in [3.05, 3.63) is 108 Å². The second-order valence-electron chi connectivity index (χ2n) is 8.59. The Morgan fingerprint density at radius 2 is 1.75 bits per heavy atom. The smallest absolute Gasteiger partial charge is 0.238 e. The van der Waals surface area contributed by atoms with Gasteiger partial charge >= 0.3 is 0 Å². The van der Waals surface area contributed by atoms with Crippen LogP contribution < -0.4 is 0 Å². The second kappa shape index (κ2) is 12.1. The summed E-state index contributed by atoms with van der Waals surface area (Å²) in [6, 6.07) is 0. The summed E-state index contributed by atoms with van der Waals surface area (Å²) in [5.74, 6) is 0.840. The largest absolute Gasteiger partial charge is 0.495 e. The molecule has 3 heterocycles. The second-order valence-corrected chi connectivity index (χ2v) is 8.59. The van der Waals surface area contributed by atoms with Crippen molar-refractivity contribution >= 4 is 13.9 Å². The molecule has 0 aromatic heterocycles. The standard InChI is InChI=1S/C29H34BNO5/c1-7-11-26-27(10-4)31(30)28(32)29(26,22(8-2)14-12-20(5)33-16-24-18-35-24)23(9-3)15-13-21(6)34-17-25-19-36-25/h7-15,24-25H,1-2,6,16-19H2,3-5H3/b15-13-,20-12+,22-14+,23-9+,26-11+,27-10+. The molecule has 3 atom stereocenters. The molecule has 3 fully saturated rings. The van der Waals surface area contributed by atoms with Crippen LogP contribution in [0.4, 0.5) is 0 Å². The Morgan fingerprint density at radius 3 is 2.28 bits per heavy atom. The number of hydrogen-bond acceptors (Lipinski definition) is 5. The number of ether oxygens (including phenoxy) is 4. The fourth-order valence-corrected chi connectivity index (χ4v) is 4.10. The lowest BCUT2D eigenvalue weighted by molar-refractivity contribution is -0.127. The van der Waals surface area contributed by atoms with Gasteiger partial charge in [-0.25, -0.2) is 0 Å².